The highest BCUT2D eigenvalue weighted by atomic mass is 32.2. The zero-order valence-corrected chi connectivity index (χ0v) is 11.8. The van der Waals surface area contributed by atoms with E-state index in [1.165, 1.54) is 6.08 Å². The van der Waals surface area contributed by atoms with E-state index in [9.17, 15) is 13.2 Å². The standard InChI is InChI=1S/C16H14O3S/c1-20(18,19)11-10-13-6-5-9-15(12-13)16(17)14-7-3-2-4-8-14/h2-12H,1H3/b11-10+. The van der Waals surface area contributed by atoms with Gasteiger partial charge in [0.1, 0.15) is 0 Å². The molecule has 102 valence electrons. The second-order valence-corrected chi connectivity index (χ2v) is 6.38. The third kappa shape index (κ3) is 3.90. The minimum atomic E-state index is -3.17. The predicted octanol–water partition coefficient (Wildman–Crippen LogP) is 2.93. The van der Waals surface area contributed by atoms with Crippen molar-refractivity contribution in [2.75, 3.05) is 6.26 Å². The highest BCUT2D eigenvalue weighted by Gasteiger charge is 2.08. The van der Waals surface area contributed by atoms with Crippen LogP contribution in [0.25, 0.3) is 6.08 Å². The highest BCUT2D eigenvalue weighted by Crippen LogP contribution is 2.13. The second kappa shape index (κ2) is 5.84. The van der Waals surface area contributed by atoms with E-state index in [1.54, 1.807) is 48.5 Å². The van der Waals surface area contributed by atoms with E-state index < -0.39 is 9.84 Å². The van der Waals surface area contributed by atoms with Gasteiger partial charge in [-0.1, -0.05) is 48.5 Å². The first-order chi connectivity index (χ1) is 9.46. The fraction of sp³-hybridized carbons (Fsp3) is 0.0625. The zero-order chi connectivity index (χ0) is 14.6. The summed E-state index contributed by atoms with van der Waals surface area (Å²) in [4.78, 5) is 12.3. The topological polar surface area (TPSA) is 51.2 Å². The molecule has 0 bridgehead atoms. The van der Waals surface area contributed by atoms with Crippen LogP contribution in [0, 0.1) is 0 Å². The Morgan fingerprint density at radius 2 is 1.60 bits per heavy atom. The van der Waals surface area contributed by atoms with E-state index in [1.807, 2.05) is 6.07 Å². The van der Waals surface area contributed by atoms with Gasteiger partial charge in [-0.15, -0.1) is 0 Å². The van der Waals surface area contributed by atoms with Crippen LogP contribution in [-0.2, 0) is 9.84 Å². The van der Waals surface area contributed by atoms with Gasteiger partial charge in [0.25, 0.3) is 0 Å². The van der Waals surface area contributed by atoms with Crippen molar-refractivity contribution in [3.05, 3.63) is 76.7 Å². The van der Waals surface area contributed by atoms with Gasteiger partial charge in [-0.25, -0.2) is 8.42 Å². The first kappa shape index (κ1) is 14.2. The third-order valence-electron chi connectivity index (χ3n) is 2.69. The van der Waals surface area contributed by atoms with Gasteiger partial charge in [0.05, 0.1) is 0 Å². The van der Waals surface area contributed by atoms with Crippen molar-refractivity contribution in [2.45, 2.75) is 0 Å². The van der Waals surface area contributed by atoms with Crippen molar-refractivity contribution in [3.8, 4) is 0 Å². The summed E-state index contributed by atoms with van der Waals surface area (Å²) in [5.41, 5.74) is 1.82. The van der Waals surface area contributed by atoms with E-state index in [-0.39, 0.29) is 5.78 Å². The predicted molar refractivity (Wildman–Crippen MR) is 80.2 cm³/mol. The summed E-state index contributed by atoms with van der Waals surface area (Å²) in [5, 5.41) is 1.12. The Morgan fingerprint density at radius 3 is 2.25 bits per heavy atom. The van der Waals surface area contributed by atoms with Gasteiger partial charge < -0.3 is 0 Å². The summed E-state index contributed by atoms with van der Waals surface area (Å²) in [6.07, 6.45) is 2.61. The summed E-state index contributed by atoms with van der Waals surface area (Å²) in [6, 6.07) is 15.8. The molecule has 2 aromatic carbocycles. The molecule has 0 saturated carbocycles. The molecule has 0 aliphatic carbocycles. The van der Waals surface area contributed by atoms with E-state index >= 15 is 0 Å². The number of benzene rings is 2. The molecule has 0 amide bonds. The lowest BCUT2D eigenvalue weighted by Crippen LogP contribution is -2.00. The van der Waals surface area contributed by atoms with Gasteiger partial charge in [-0.3, -0.25) is 4.79 Å². The van der Waals surface area contributed by atoms with Gasteiger partial charge in [0.15, 0.2) is 15.6 Å². The van der Waals surface area contributed by atoms with E-state index in [4.69, 9.17) is 0 Å². The Morgan fingerprint density at radius 1 is 0.950 bits per heavy atom. The molecule has 0 aliphatic heterocycles. The molecule has 4 heteroatoms. The Hall–Kier alpha value is -2.20. The molecular formula is C16H14O3S. The van der Waals surface area contributed by atoms with Gasteiger partial charge >= 0.3 is 0 Å². The second-order valence-electron chi connectivity index (χ2n) is 4.45. The smallest absolute Gasteiger partial charge is 0.193 e. The van der Waals surface area contributed by atoms with Crippen LogP contribution in [0.4, 0.5) is 0 Å². The average molecular weight is 286 g/mol. The number of hydrogen-bond acceptors (Lipinski definition) is 3. The number of sulfone groups is 1. The largest absolute Gasteiger partial charge is 0.289 e. The van der Waals surface area contributed by atoms with Crippen LogP contribution in [0.15, 0.2) is 60.0 Å². The fourth-order valence-corrected chi connectivity index (χ4v) is 2.15. The highest BCUT2D eigenvalue weighted by molar-refractivity contribution is 7.93. The molecule has 0 spiro atoms. The minimum Gasteiger partial charge on any atom is -0.289 e. The maximum Gasteiger partial charge on any atom is 0.193 e. The molecule has 3 nitrogen and oxygen atoms in total. The Labute approximate surface area is 118 Å². The van der Waals surface area contributed by atoms with Crippen LogP contribution in [0.3, 0.4) is 0 Å². The quantitative estimate of drug-likeness (QED) is 0.812. The van der Waals surface area contributed by atoms with Crippen LogP contribution < -0.4 is 0 Å². The van der Waals surface area contributed by atoms with Gasteiger partial charge in [-0.2, -0.15) is 0 Å². The van der Waals surface area contributed by atoms with Crippen LogP contribution in [-0.4, -0.2) is 20.5 Å². The molecule has 0 N–H and O–H groups in total. The first-order valence-corrected chi connectivity index (χ1v) is 7.99. The van der Waals surface area contributed by atoms with Gasteiger partial charge in [0, 0.05) is 22.8 Å². The lowest BCUT2D eigenvalue weighted by Gasteiger charge is -2.02. The van der Waals surface area contributed by atoms with Crippen LogP contribution in [0.5, 0.6) is 0 Å². The molecule has 0 aliphatic rings. The molecule has 0 fully saturated rings. The van der Waals surface area contributed by atoms with E-state index in [2.05, 4.69) is 0 Å². The number of ketones is 1. The van der Waals surface area contributed by atoms with Crippen molar-refractivity contribution in [1.29, 1.82) is 0 Å². The lowest BCUT2D eigenvalue weighted by molar-refractivity contribution is 0.103. The van der Waals surface area contributed by atoms with Gasteiger partial charge in [0.2, 0.25) is 0 Å². The lowest BCUT2D eigenvalue weighted by atomic mass is 10.0. The molecule has 0 radical (unpaired) electrons. The zero-order valence-electron chi connectivity index (χ0n) is 11.0. The van der Waals surface area contributed by atoms with E-state index in [0.717, 1.165) is 11.7 Å². The summed E-state index contributed by atoms with van der Waals surface area (Å²) in [5.74, 6) is -0.0831. The molecule has 2 aromatic rings. The third-order valence-corrected chi connectivity index (χ3v) is 3.32. The fourth-order valence-electron chi connectivity index (χ4n) is 1.74. The maximum absolute atomic E-state index is 12.3. The molecular weight excluding hydrogens is 272 g/mol. The number of carbonyl (C=O) groups excluding carboxylic acids is 1. The van der Waals surface area contributed by atoms with Crippen LogP contribution in [0.2, 0.25) is 0 Å². The van der Waals surface area contributed by atoms with Crippen molar-refractivity contribution in [1.82, 2.24) is 0 Å². The molecule has 0 unspecified atom stereocenters. The van der Waals surface area contributed by atoms with Gasteiger partial charge in [-0.05, 0) is 17.7 Å². The monoisotopic (exact) mass is 286 g/mol. The van der Waals surface area contributed by atoms with Crippen molar-refractivity contribution >= 4 is 21.7 Å². The molecule has 0 saturated heterocycles. The summed E-state index contributed by atoms with van der Waals surface area (Å²) in [7, 11) is -3.17. The Balaban J connectivity index is 2.31. The normalized spacial score (nSPS) is 11.7. The first-order valence-electron chi connectivity index (χ1n) is 6.04. The minimum absolute atomic E-state index is 0.0831. The summed E-state index contributed by atoms with van der Waals surface area (Å²) >= 11 is 0. The average Bonchev–Trinajstić information content (AvgIpc) is 2.45. The van der Waals surface area contributed by atoms with Crippen molar-refractivity contribution in [3.63, 3.8) is 0 Å². The maximum atomic E-state index is 12.3. The summed E-state index contributed by atoms with van der Waals surface area (Å²) < 4.78 is 22.2. The number of rotatable bonds is 4. The Bertz CT molecular complexity index is 744. The van der Waals surface area contributed by atoms with Crippen molar-refractivity contribution < 1.29 is 13.2 Å². The molecule has 0 heterocycles. The molecule has 20 heavy (non-hydrogen) atoms. The van der Waals surface area contributed by atoms with Crippen LogP contribution >= 0.6 is 0 Å². The SMILES string of the molecule is CS(=O)(=O)/C=C/c1cccc(C(=O)c2ccccc2)c1. The molecule has 0 aromatic heterocycles. The Kier molecular flexibility index (Phi) is 4.15. The number of carbonyl (C=O) groups is 1. The number of hydrogen-bond donors (Lipinski definition) is 0. The van der Waals surface area contributed by atoms with Crippen molar-refractivity contribution in [2.24, 2.45) is 0 Å². The van der Waals surface area contributed by atoms with E-state index in [0.29, 0.717) is 16.7 Å². The summed E-state index contributed by atoms with van der Waals surface area (Å²) in [6.45, 7) is 0. The molecule has 2 rings (SSSR count). The molecule has 0 atom stereocenters. The van der Waals surface area contributed by atoms with Crippen LogP contribution in [0.1, 0.15) is 21.5 Å².